The Kier molecular flexibility index (Phi) is 5.30. The summed E-state index contributed by atoms with van der Waals surface area (Å²) in [4.78, 5) is 11.6. The summed E-state index contributed by atoms with van der Waals surface area (Å²) >= 11 is 1.64. The Labute approximate surface area is 107 Å². The highest BCUT2D eigenvalue weighted by Gasteiger charge is 2.21. The molecule has 0 heterocycles. The van der Waals surface area contributed by atoms with Crippen molar-refractivity contribution in [3.63, 3.8) is 0 Å². The highest BCUT2D eigenvalue weighted by molar-refractivity contribution is 14.1. The molecule has 0 radical (unpaired) electrons. The van der Waals surface area contributed by atoms with E-state index in [1.165, 1.54) is 0 Å². The first kappa shape index (κ1) is 14.9. The molecule has 0 atom stereocenters. The third kappa shape index (κ3) is 7.82. The zero-order chi connectivity index (χ0) is 12.3. The van der Waals surface area contributed by atoms with E-state index in [4.69, 9.17) is 3.07 Å². The zero-order valence-electron chi connectivity index (χ0n) is 10.5. The van der Waals surface area contributed by atoms with Gasteiger partial charge in [0.1, 0.15) is 0 Å². The molecule has 0 bridgehead atoms. The van der Waals surface area contributed by atoms with Crippen LogP contribution in [0, 0.1) is 10.8 Å². The van der Waals surface area contributed by atoms with Crippen LogP contribution in [0.2, 0.25) is 0 Å². The summed E-state index contributed by atoms with van der Waals surface area (Å²) in [5.41, 5.74) is 0.872. The molecule has 3 heteroatoms. The number of hydrogen-bond acceptors (Lipinski definition) is 2. The Balaban J connectivity index is 4.92. The van der Waals surface area contributed by atoms with Gasteiger partial charge in [-0.25, -0.2) is 4.79 Å². The van der Waals surface area contributed by atoms with Gasteiger partial charge in [-0.05, 0) is 17.3 Å². The van der Waals surface area contributed by atoms with Gasteiger partial charge in [-0.15, -0.1) is 0 Å². The molecule has 0 rings (SSSR count). The van der Waals surface area contributed by atoms with Crippen LogP contribution in [-0.4, -0.2) is 5.97 Å². The van der Waals surface area contributed by atoms with Crippen molar-refractivity contribution in [2.45, 2.75) is 48.0 Å². The van der Waals surface area contributed by atoms with E-state index in [2.05, 4.69) is 41.5 Å². The molecule has 0 aliphatic heterocycles. The molecule has 0 amide bonds. The van der Waals surface area contributed by atoms with E-state index in [0.717, 1.165) is 12.0 Å². The molecule has 0 aromatic heterocycles. The summed E-state index contributed by atoms with van der Waals surface area (Å²) in [6, 6.07) is 0. The van der Waals surface area contributed by atoms with Crippen molar-refractivity contribution in [3.8, 4) is 0 Å². The molecule has 0 aliphatic rings. The van der Waals surface area contributed by atoms with Crippen LogP contribution in [-0.2, 0) is 7.86 Å². The first-order valence-corrected chi connectivity index (χ1v) is 5.98. The number of allylic oxidation sites excluding steroid dienone is 1. The fourth-order valence-corrected chi connectivity index (χ4v) is 1.61. The molecule has 0 unspecified atom stereocenters. The molecule has 0 aromatic carbocycles. The average Bonchev–Trinajstić information content (AvgIpc) is 1.96. The Bertz CT molecular complexity index is 254. The zero-order valence-corrected chi connectivity index (χ0v) is 12.6. The van der Waals surface area contributed by atoms with Crippen molar-refractivity contribution in [2.75, 3.05) is 0 Å². The summed E-state index contributed by atoms with van der Waals surface area (Å²) in [6.45, 7) is 12.6. The number of rotatable bonds is 2. The summed E-state index contributed by atoms with van der Waals surface area (Å²) in [6.07, 6.45) is 2.74. The van der Waals surface area contributed by atoms with Crippen LogP contribution in [0.4, 0.5) is 0 Å². The van der Waals surface area contributed by atoms with E-state index in [0.29, 0.717) is 0 Å². The van der Waals surface area contributed by atoms with Gasteiger partial charge in [0.05, 0.1) is 0 Å². The fourth-order valence-electron chi connectivity index (χ4n) is 1.33. The summed E-state index contributed by atoms with van der Waals surface area (Å²) in [7, 11) is 0. The maximum absolute atomic E-state index is 11.6. The lowest BCUT2D eigenvalue weighted by Crippen LogP contribution is -2.15. The van der Waals surface area contributed by atoms with Gasteiger partial charge in [0, 0.05) is 5.57 Å². The van der Waals surface area contributed by atoms with Crippen molar-refractivity contribution in [1.29, 1.82) is 0 Å². The molecular weight excluding hydrogens is 303 g/mol. The summed E-state index contributed by atoms with van der Waals surface area (Å²) in [5.74, 6) is -0.222. The third-order valence-corrected chi connectivity index (χ3v) is 2.06. The minimum atomic E-state index is -0.222. The van der Waals surface area contributed by atoms with Crippen LogP contribution in [0.15, 0.2) is 11.6 Å². The van der Waals surface area contributed by atoms with Crippen molar-refractivity contribution in [3.05, 3.63) is 11.6 Å². The number of carbonyl (C=O) groups excluding carboxylic acids is 1. The van der Waals surface area contributed by atoms with Crippen LogP contribution in [0.25, 0.3) is 0 Å². The quantitative estimate of drug-likeness (QED) is 0.559. The third-order valence-electron chi connectivity index (χ3n) is 1.66. The van der Waals surface area contributed by atoms with E-state index in [1.54, 1.807) is 23.0 Å². The first-order chi connectivity index (χ1) is 6.55. The lowest BCUT2D eigenvalue weighted by Gasteiger charge is -2.21. The second-order valence-corrected chi connectivity index (χ2v) is 6.58. The lowest BCUT2D eigenvalue weighted by molar-refractivity contribution is -0.127. The minimum Gasteiger partial charge on any atom is -0.391 e. The molecule has 0 spiro atoms. The second-order valence-electron chi connectivity index (χ2n) is 6.14. The largest absolute Gasteiger partial charge is 0.391 e. The van der Waals surface area contributed by atoms with Crippen molar-refractivity contribution >= 4 is 29.0 Å². The van der Waals surface area contributed by atoms with Gasteiger partial charge < -0.3 is 3.07 Å². The molecule has 0 saturated heterocycles. The number of hydrogen-bond donors (Lipinski definition) is 0. The van der Waals surface area contributed by atoms with E-state index < -0.39 is 0 Å². The van der Waals surface area contributed by atoms with Gasteiger partial charge in [0.25, 0.3) is 0 Å². The van der Waals surface area contributed by atoms with Crippen LogP contribution in [0.1, 0.15) is 48.0 Å². The van der Waals surface area contributed by atoms with Gasteiger partial charge in [-0.2, -0.15) is 0 Å². The molecule has 0 aliphatic carbocycles. The van der Waals surface area contributed by atoms with Gasteiger partial charge in [-0.1, -0.05) is 47.6 Å². The molecule has 15 heavy (non-hydrogen) atoms. The number of halogens is 1. The van der Waals surface area contributed by atoms with Crippen molar-refractivity contribution < 1.29 is 7.86 Å². The van der Waals surface area contributed by atoms with Gasteiger partial charge in [0.15, 0.2) is 23.0 Å². The monoisotopic (exact) mass is 324 g/mol. The van der Waals surface area contributed by atoms with Crippen molar-refractivity contribution in [1.82, 2.24) is 0 Å². The molecule has 0 saturated carbocycles. The highest BCUT2D eigenvalue weighted by atomic mass is 127. The second kappa shape index (κ2) is 5.32. The van der Waals surface area contributed by atoms with Gasteiger partial charge in [0.2, 0.25) is 0 Å². The fraction of sp³-hybridized carbons (Fsp3) is 0.750. The Morgan fingerprint density at radius 2 is 1.67 bits per heavy atom. The van der Waals surface area contributed by atoms with Crippen LogP contribution < -0.4 is 0 Å². The normalized spacial score (nSPS) is 13.9. The van der Waals surface area contributed by atoms with E-state index in [-0.39, 0.29) is 16.8 Å². The highest BCUT2D eigenvalue weighted by Crippen LogP contribution is 2.28. The Hall–Kier alpha value is -0.0600. The molecule has 0 N–H and O–H groups in total. The van der Waals surface area contributed by atoms with Gasteiger partial charge in [-0.3, -0.25) is 0 Å². The maximum Gasteiger partial charge on any atom is 0.343 e. The topological polar surface area (TPSA) is 26.3 Å². The smallest absolute Gasteiger partial charge is 0.343 e. The predicted molar refractivity (Wildman–Crippen MR) is 71.7 cm³/mol. The molecule has 0 fully saturated rings. The predicted octanol–water partition coefficient (Wildman–Crippen LogP) is 4.29. The first-order valence-electron chi connectivity index (χ1n) is 5.10. The molecular formula is C12H21IO2. The molecule has 0 aromatic rings. The Morgan fingerprint density at radius 1 is 1.20 bits per heavy atom. The maximum atomic E-state index is 11.6. The summed E-state index contributed by atoms with van der Waals surface area (Å²) in [5, 5.41) is 0. The Morgan fingerprint density at radius 3 is 1.93 bits per heavy atom. The summed E-state index contributed by atoms with van der Waals surface area (Å²) < 4.78 is 4.77. The van der Waals surface area contributed by atoms with E-state index in [9.17, 15) is 4.79 Å². The van der Waals surface area contributed by atoms with Gasteiger partial charge >= 0.3 is 5.97 Å². The molecule has 88 valence electrons. The van der Waals surface area contributed by atoms with Crippen LogP contribution in [0.3, 0.4) is 0 Å². The minimum absolute atomic E-state index is 0.00537. The number of carbonyl (C=O) groups is 1. The lowest BCUT2D eigenvalue weighted by atomic mass is 9.84. The van der Waals surface area contributed by atoms with Crippen LogP contribution >= 0.6 is 23.0 Å². The van der Waals surface area contributed by atoms with Crippen molar-refractivity contribution in [2.24, 2.45) is 10.8 Å². The molecule has 2 nitrogen and oxygen atoms in total. The van der Waals surface area contributed by atoms with E-state index >= 15 is 0 Å². The standard InChI is InChI=1S/C12H21IO2/c1-11(2,3)7-9(10(14)15-13)8-12(4,5)6/h7H,8H2,1-6H3. The van der Waals surface area contributed by atoms with Crippen LogP contribution in [0.5, 0.6) is 0 Å². The van der Waals surface area contributed by atoms with E-state index in [1.807, 2.05) is 6.08 Å². The average molecular weight is 324 g/mol. The SMILES string of the molecule is CC(C)(C)C=C(CC(C)(C)C)C(=O)OI.